The van der Waals surface area contributed by atoms with Crippen molar-refractivity contribution >= 4 is 19.4 Å². The topological polar surface area (TPSA) is 77.3 Å². The molecule has 6 rings (SSSR count). The monoisotopic (exact) mass is 638 g/mol. The van der Waals surface area contributed by atoms with Crippen molar-refractivity contribution in [1.82, 2.24) is 29.9 Å². The third-order valence-corrected chi connectivity index (χ3v) is 5.31. The summed E-state index contributed by atoms with van der Waals surface area (Å²) >= 11 is -0.346. The first kappa shape index (κ1) is 28.1. The molecule has 0 fully saturated rings. The van der Waals surface area contributed by atoms with Gasteiger partial charge in [-0.1, -0.05) is 24.3 Å². The van der Waals surface area contributed by atoms with Crippen LogP contribution in [0.4, 0.5) is 0 Å². The van der Waals surface area contributed by atoms with Gasteiger partial charge in [0.05, 0.1) is 34.2 Å². The summed E-state index contributed by atoms with van der Waals surface area (Å²) in [5.41, 5.74) is 7.25. The maximum absolute atomic E-state index is 4.85. The molecule has 0 unspecified atom stereocenters. The van der Waals surface area contributed by atoms with Crippen LogP contribution in [0.5, 0.6) is 0 Å². The van der Waals surface area contributed by atoms with E-state index in [4.69, 9.17) is 19.4 Å². The Bertz CT molecular complexity index is 1310. The number of nitrogens with zero attached hydrogens (tertiary/aromatic N) is 6. The maximum Gasteiger partial charge on any atom is 0.0980 e. The van der Waals surface area contributed by atoms with Gasteiger partial charge in [0.25, 0.3) is 0 Å². The Kier molecular flexibility index (Phi) is 11.2. The minimum absolute atomic E-state index is 0.346. The van der Waals surface area contributed by atoms with Gasteiger partial charge in [0.15, 0.2) is 0 Å². The van der Waals surface area contributed by atoms with Crippen LogP contribution in [0, 0.1) is 0 Å². The summed E-state index contributed by atoms with van der Waals surface area (Å²) in [5, 5.41) is 0. The van der Waals surface area contributed by atoms with Crippen molar-refractivity contribution in [2.24, 2.45) is 0 Å². The van der Waals surface area contributed by atoms with Crippen molar-refractivity contribution in [3.63, 3.8) is 0 Å². The molecule has 0 spiro atoms. The van der Waals surface area contributed by atoms with Gasteiger partial charge in [0, 0.05) is 48.3 Å². The predicted octanol–water partition coefficient (Wildman–Crippen LogP) is 7.79. The van der Waals surface area contributed by atoms with Crippen molar-refractivity contribution in [2.75, 3.05) is 0 Å². The largest absolute Gasteiger partial charge is 0.256 e. The van der Waals surface area contributed by atoms with Gasteiger partial charge in [-0.3, -0.25) is 29.9 Å². The molecular weight excluding hydrogens is 616 g/mol. The van der Waals surface area contributed by atoms with Gasteiger partial charge in [0.1, 0.15) is 0 Å². The van der Waals surface area contributed by atoms with Crippen LogP contribution in [-0.4, -0.2) is 29.9 Å². The van der Waals surface area contributed by atoms with E-state index in [-0.39, 0.29) is 15.1 Å². The zero-order valence-corrected chi connectivity index (χ0v) is 23.7. The molecule has 0 atom stereocenters. The molecule has 0 aliphatic rings. The summed E-state index contributed by atoms with van der Waals surface area (Å²) in [6.07, 6.45) is 10.7. The number of hydrogen-bond donors (Lipinski definition) is 0. The van der Waals surface area contributed by atoms with E-state index in [0.717, 1.165) is 45.3 Å². The van der Waals surface area contributed by atoms with E-state index >= 15 is 0 Å². The standard InChI is InChI=1S/2C15H11N3.2ClH.Ru/c2*1-3-9-16-13(7-1)12-6-5-11-18-15(12)14-8-2-4-10-17-14;;;/h2*1-11H;2*1H;/q;;;;+2/p-2. The van der Waals surface area contributed by atoms with E-state index < -0.39 is 0 Å². The normalized spacial score (nSPS) is 10.0. The Hall–Kier alpha value is -3.90. The van der Waals surface area contributed by atoms with Crippen LogP contribution in [-0.2, 0) is 15.1 Å². The number of pyridine rings is 6. The van der Waals surface area contributed by atoms with E-state index in [1.807, 2.05) is 97.1 Å². The molecule has 194 valence electrons. The van der Waals surface area contributed by atoms with Gasteiger partial charge in [-0.2, -0.15) is 0 Å². The SMILES string of the molecule is [Cl][Ru][Cl].c1ccc(-c2cccnc2-c2ccccn2)nc1.c1ccc(-c2cccnc2-c2ccccn2)nc1. The third kappa shape index (κ3) is 8.04. The second-order valence-corrected chi connectivity index (χ2v) is 10.3. The first-order valence-electron chi connectivity index (χ1n) is 11.7. The first-order chi connectivity index (χ1) is 19.3. The summed E-state index contributed by atoms with van der Waals surface area (Å²) in [4.78, 5) is 26.3. The van der Waals surface area contributed by atoms with Gasteiger partial charge in [-0.15, -0.1) is 0 Å². The third-order valence-electron chi connectivity index (χ3n) is 5.31. The van der Waals surface area contributed by atoms with E-state index in [9.17, 15) is 0 Å². The fourth-order valence-electron chi connectivity index (χ4n) is 3.68. The smallest absolute Gasteiger partial charge is 0.0980 e. The molecule has 0 aromatic carbocycles. The van der Waals surface area contributed by atoms with Crippen molar-refractivity contribution in [3.05, 3.63) is 134 Å². The molecule has 0 radical (unpaired) electrons. The molecule has 0 saturated heterocycles. The van der Waals surface area contributed by atoms with Crippen LogP contribution >= 0.6 is 19.4 Å². The molecule has 0 aliphatic heterocycles. The summed E-state index contributed by atoms with van der Waals surface area (Å²) < 4.78 is 0. The molecule has 0 amide bonds. The molecule has 39 heavy (non-hydrogen) atoms. The molecule has 0 N–H and O–H groups in total. The first-order valence-corrected chi connectivity index (χ1v) is 16.2. The van der Waals surface area contributed by atoms with Crippen molar-refractivity contribution < 1.29 is 15.1 Å². The van der Waals surface area contributed by atoms with E-state index in [2.05, 4.69) is 29.9 Å². The van der Waals surface area contributed by atoms with Crippen LogP contribution in [0.15, 0.2) is 134 Å². The molecule has 9 heteroatoms. The van der Waals surface area contributed by atoms with Crippen molar-refractivity contribution in [1.29, 1.82) is 0 Å². The Morgan fingerprint density at radius 1 is 0.359 bits per heavy atom. The fraction of sp³-hybridized carbons (Fsp3) is 0. The average molecular weight is 639 g/mol. The zero-order valence-electron chi connectivity index (χ0n) is 20.5. The second-order valence-electron chi connectivity index (χ2n) is 7.71. The predicted molar refractivity (Wildman–Crippen MR) is 153 cm³/mol. The quantitative estimate of drug-likeness (QED) is 0.184. The van der Waals surface area contributed by atoms with Gasteiger partial charge >= 0.3 is 34.5 Å². The summed E-state index contributed by atoms with van der Waals surface area (Å²) in [7, 11) is 9.71. The number of hydrogen-bond acceptors (Lipinski definition) is 6. The average Bonchev–Trinajstić information content (AvgIpc) is 3.03. The van der Waals surface area contributed by atoms with E-state index in [1.165, 1.54) is 0 Å². The summed E-state index contributed by atoms with van der Waals surface area (Å²) in [6.45, 7) is 0. The minimum atomic E-state index is -0.346. The Morgan fingerprint density at radius 3 is 0.974 bits per heavy atom. The molecule has 6 heterocycles. The van der Waals surface area contributed by atoms with Gasteiger partial charge in [-0.25, -0.2) is 0 Å². The number of rotatable bonds is 4. The van der Waals surface area contributed by atoms with Gasteiger partial charge < -0.3 is 0 Å². The molecule has 0 aliphatic carbocycles. The number of aromatic nitrogens is 6. The van der Waals surface area contributed by atoms with Crippen LogP contribution in [0.1, 0.15) is 0 Å². The van der Waals surface area contributed by atoms with Crippen LogP contribution in [0.2, 0.25) is 0 Å². The zero-order chi connectivity index (χ0) is 27.1. The van der Waals surface area contributed by atoms with E-state index in [1.54, 1.807) is 37.2 Å². The van der Waals surface area contributed by atoms with Crippen molar-refractivity contribution in [2.45, 2.75) is 0 Å². The molecule has 6 nitrogen and oxygen atoms in total. The van der Waals surface area contributed by atoms with Gasteiger partial charge in [-0.05, 0) is 72.8 Å². The molecule has 0 bridgehead atoms. The molecule has 6 aromatic rings. The molecule has 0 saturated carbocycles. The minimum Gasteiger partial charge on any atom is -0.256 e. The summed E-state index contributed by atoms with van der Waals surface area (Å²) in [5.74, 6) is 0. The molecular formula is C30H22Cl2N6Ru. The van der Waals surface area contributed by atoms with Crippen LogP contribution in [0.3, 0.4) is 0 Å². The fourth-order valence-corrected chi connectivity index (χ4v) is 3.68. The summed E-state index contributed by atoms with van der Waals surface area (Å²) in [6, 6.07) is 31.2. The second kappa shape index (κ2) is 15.5. The molecule has 6 aromatic heterocycles. The number of halogens is 2. The Balaban J connectivity index is 0.000000165. The van der Waals surface area contributed by atoms with Crippen molar-refractivity contribution in [3.8, 4) is 45.3 Å². The van der Waals surface area contributed by atoms with Gasteiger partial charge in [0.2, 0.25) is 0 Å². The Morgan fingerprint density at radius 2 is 0.667 bits per heavy atom. The Labute approximate surface area is 242 Å². The van der Waals surface area contributed by atoms with Crippen LogP contribution in [0.25, 0.3) is 45.3 Å². The maximum atomic E-state index is 4.85. The van der Waals surface area contributed by atoms with E-state index in [0.29, 0.717) is 0 Å². The van der Waals surface area contributed by atoms with Crippen LogP contribution < -0.4 is 0 Å².